The third-order valence-corrected chi connectivity index (χ3v) is 21.4. The molecular weight excluding hydrogens is 989 g/mol. The molecule has 8 fully saturated rings. The Morgan fingerprint density at radius 1 is 0.613 bits per heavy atom. The van der Waals surface area contributed by atoms with Crippen LogP contribution in [-0.4, -0.2) is 222 Å². The predicted molar refractivity (Wildman–Crippen MR) is 257 cm³/mol. The van der Waals surface area contributed by atoms with Crippen LogP contribution >= 0.6 is 0 Å². The minimum Gasteiger partial charge on any atom is -0.432 e. The maximum absolute atomic E-state index is 15.1. The summed E-state index contributed by atoms with van der Waals surface area (Å²) in [7, 11) is 0. The van der Waals surface area contributed by atoms with E-state index in [1.54, 1.807) is 0 Å². The second kappa shape index (κ2) is 21.4. The van der Waals surface area contributed by atoms with Crippen molar-refractivity contribution in [2.45, 2.75) is 229 Å². The summed E-state index contributed by atoms with van der Waals surface area (Å²) < 4.78 is 47.2. The topological polar surface area (TPSA) is 354 Å². The first-order valence-corrected chi connectivity index (χ1v) is 27.3. The molecule has 22 heteroatoms. The zero-order valence-corrected chi connectivity index (χ0v) is 44.2. The van der Waals surface area contributed by atoms with Gasteiger partial charge in [-0.1, -0.05) is 60.1 Å². The number of hydrogen-bond donors (Lipinski definition) is 13. The number of carbonyl (C=O) groups excluding carboxylic acids is 1. The molecule has 0 bridgehead atoms. The summed E-state index contributed by atoms with van der Waals surface area (Å²) in [5.41, 5.74) is -0.823. The normalized spacial score (nSPS) is 54.8. The zero-order valence-electron chi connectivity index (χ0n) is 44.2. The van der Waals surface area contributed by atoms with Crippen LogP contribution in [0, 0.1) is 56.7 Å². The molecule has 9 rings (SSSR count). The predicted octanol–water partition coefficient (Wildman–Crippen LogP) is -1.54. The van der Waals surface area contributed by atoms with E-state index in [4.69, 9.17) is 37.9 Å². The molecule has 4 saturated carbocycles. The Morgan fingerprint density at radius 3 is 1.84 bits per heavy atom. The molecule has 29 atom stereocenters. The summed E-state index contributed by atoms with van der Waals surface area (Å²) in [5.74, 6) is -0.00547. The van der Waals surface area contributed by atoms with Gasteiger partial charge in [-0.2, -0.15) is 0 Å². The van der Waals surface area contributed by atoms with Crippen LogP contribution in [0.2, 0.25) is 0 Å². The molecule has 0 aromatic carbocycles. The number of esters is 1. The van der Waals surface area contributed by atoms with Crippen LogP contribution in [-0.2, 0) is 42.7 Å². The molecule has 0 spiro atoms. The van der Waals surface area contributed by atoms with Crippen molar-refractivity contribution in [2.24, 2.45) is 56.7 Å². The van der Waals surface area contributed by atoms with Gasteiger partial charge in [0.05, 0.1) is 37.9 Å². The van der Waals surface area contributed by atoms with E-state index in [2.05, 4.69) is 54.5 Å². The molecule has 0 unspecified atom stereocenters. The van der Waals surface area contributed by atoms with E-state index in [9.17, 15) is 66.4 Å². The van der Waals surface area contributed by atoms with Gasteiger partial charge >= 0.3 is 5.97 Å². The van der Waals surface area contributed by atoms with Crippen molar-refractivity contribution in [2.75, 3.05) is 26.4 Å². The molecule has 430 valence electrons. The van der Waals surface area contributed by atoms with Gasteiger partial charge in [-0.3, -0.25) is 4.79 Å². The lowest BCUT2D eigenvalue weighted by Crippen LogP contribution is -2.66. The van der Waals surface area contributed by atoms with Crippen LogP contribution in [0.1, 0.15) is 106 Å². The van der Waals surface area contributed by atoms with Gasteiger partial charge in [-0.25, -0.2) is 0 Å². The van der Waals surface area contributed by atoms with Crippen LogP contribution in [0.15, 0.2) is 11.6 Å². The van der Waals surface area contributed by atoms with E-state index < -0.39 is 153 Å². The summed E-state index contributed by atoms with van der Waals surface area (Å²) >= 11 is 0. The molecule has 75 heavy (non-hydrogen) atoms. The minimum atomic E-state index is -1.82. The molecule has 0 amide bonds. The largest absolute Gasteiger partial charge is 0.432 e. The number of fused-ring (bicyclic) bond motifs is 7. The van der Waals surface area contributed by atoms with Gasteiger partial charge in [0.1, 0.15) is 91.6 Å². The minimum absolute atomic E-state index is 0.0701. The molecule has 4 saturated heterocycles. The lowest BCUT2D eigenvalue weighted by atomic mass is 9.33. The Bertz CT molecular complexity index is 2040. The molecule has 9 aliphatic rings. The van der Waals surface area contributed by atoms with Gasteiger partial charge in [0.25, 0.3) is 0 Å². The number of rotatable bonds is 11. The van der Waals surface area contributed by atoms with Crippen LogP contribution in [0.5, 0.6) is 0 Å². The molecule has 0 aromatic heterocycles. The van der Waals surface area contributed by atoms with Gasteiger partial charge in [-0.05, 0) is 109 Å². The maximum atomic E-state index is 15.1. The molecular formula is C53H86O22. The summed E-state index contributed by atoms with van der Waals surface area (Å²) in [6, 6.07) is 0. The van der Waals surface area contributed by atoms with Crippen LogP contribution in [0.4, 0.5) is 0 Å². The standard InChI is InChI=1S/C53H86O22/c1-22-10-15-53(48(67)75-47-41(65)38(62)35(59)28(72-47)21-69-44-39(63)36(60)33(57)26(18-54)70-44)17-16-51(6)24(32(53)23(22)2)8-9-30-50(5)13-12-31(49(3,4)29(50)11-14-52(30,51)7)73-45-42(66)43(25(56)20-68-45)74-46-40(64)37(61)34(58)27(19-55)71-46/h8,22-23,25-47,54-66H,9-21H2,1-7H3/t22-,23+,25+,26-,27-,28-,29+,30-,31+,32+,33-,34-,35-,36+,37+,38+,39-,40-,41-,42-,43+,44-,45-,46+,47+,50+,51-,52-,53+/m1/s1. The number of aliphatic hydroxyl groups is 13. The first-order chi connectivity index (χ1) is 35.2. The summed E-state index contributed by atoms with van der Waals surface area (Å²) in [6.07, 6.45) is -21.2. The molecule has 0 radical (unpaired) electrons. The van der Waals surface area contributed by atoms with Crippen molar-refractivity contribution in [3.8, 4) is 0 Å². The van der Waals surface area contributed by atoms with Crippen molar-refractivity contribution in [1.82, 2.24) is 0 Å². The first-order valence-electron chi connectivity index (χ1n) is 27.3. The Morgan fingerprint density at radius 2 is 1.20 bits per heavy atom. The lowest BCUT2D eigenvalue weighted by molar-refractivity contribution is -0.357. The highest BCUT2D eigenvalue weighted by molar-refractivity contribution is 5.79. The van der Waals surface area contributed by atoms with E-state index in [0.717, 1.165) is 32.1 Å². The molecule has 22 nitrogen and oxygen atoms in total. The zero-order chi connectivity index (χ0) is 54.6. The second-order valence-corrected chi connectivity index (χ2v) is 25.3. The van der Waals surface area contributed by atoms with Crippen molar-refractivity contribution in [3.05, 3.63) is 11.6 Å². The fraction of sp³-hybridized carbons (Fsp3) is 0.943. The van der Waals surface area contributed by atoms with Crippen LogP contribution < -0.4 is 0 Å². The highest BCUT2D eigenvalue weighted by Crippen LogP contribution is 2.76. The summed E-state index contributed by atoms with van der Waals surface area (Å²) in [4.78, 5) is 15.1. The number of ether oxygens (including phenoxy) is 8. The molecule has 4 aliphatic heterocycles. The van der Waals surface area contributed by atoms with Gasteiger partial charge in [0.2, 0.25) is 6.29 Å². The molecule has 5 aliphatic carbocycles. The van der Waals surface area contributed by atoms with E-state index in [1.807, 2.05) is 0 Å². The van der Waals surface area contributed by atoms with Crippen molar-refractivity contribution in [3.63, 3.8) is 0 Å². The Kier molecular flexibility index (Phi) is 16.6. The monoisotopic (exact) mass is 1070 g/mol. The number of allylic oxidation sites excluding steroid dienone is 2. The van der Waals surface area contributed by atoms with Gasteiger partial charge < -0.3 is 104 Å². The first kappa shape index (κ1) is 58.1. The highest BCUT2D eigenvalue weighted by Gasteiger charge is 2.70. The molecule has 4 heterocycles. The van der Waals surface area contributed by atoms with E-state index in [0.29, 0.717) is 25.7 Å². The summed E-state index contributed by atoms with van der Waals surface area (Å²) in [5, 5.41) is 137. The maximum Gasteiger partial charge on any atom is 0.315 e. The van der Waals surface area contributed by atoms with Crippen molar-refractivity contribution in [1.29, 1.82) is 0 Å². The van der Waals surface area contributed by atoms with E-state index in [1.165, 1.54) is 5.57 Å². The average Bonchev–Trinajstić information content (AvgIpc) is 3.44. The number of aliphatic hydroxyl groups excluding tert-OH is 13. The smallest absolute Gasteiger partial charge is 0.315 e. The highest BCUT2D eigenvalue weighted by atomic mass is 16.8. The number of carbonyl (C=O) groups is 1. The van der Waals surface area contributed by atoms with Gasteiger partial charge in [0, 0.05) is 0 Å². The molecule has 0 aromatic rings. The van der Waals surface area contributed by atoms with Gasteiger partial charge in [-0.15, -0.1) is 0 Å². The summed E-state index contributed by atoms with van der Waals surface area (Å²) in [6.45, 7) is 13.9. The Hall–Kier alpha value is -1.59. The third-order valence-electron chi connectivity index (χ3n) is 21.4. The van der Waals surface area contributed by atoms with Crippen molar-refractivity contribution < 1.29 is 109 Å². The SMILES string of the molecule is C[C@H]1[C@H](C)CC[C@]2(C(=O)O[C@@H]3O[C@H](CO[C@@H]4O[C@H](CO)[C@@H](O)[C@H](O)[C@H]4O)[C@@H](O)[C@H](O)[C@H]3O)CC[C@]3(C)C(=CC[C@@H]4[C@@]5(C)CC[C@H](O[C@H]6OC[C@H](O)[C@H](O[C@@H]7O[C@H](CO)[C@@H](O)[C@H](O)[C@H]7O)[C@H]6O)C(C)(C)[C@@H]5CC[C@]43C)[C@H]12. The van der Waals surface area contributed by atoms with Gasteiger partial charge in [0.15, 0.2) is 18.9 Å². The Balaban J connectivity index is 0.905. The number of hydrogen-bond acceptors (Lipinski definition) is 22. The van der Waals surface area contributed by atoms with Crippen LogP contribution in [0.3, 0.4) is 0 Å². The quantitative estimate of drug-likeness (QED) is 0.0633. The van der Waals surface area contributed by atoms with Crippen LogP contribution in [0.25, 0.3) is 0 Å². The van der Waals surface area contributed by atoms with Crippen molar-refractivity contribution >= 4 is 5.97 Å². The fourth-order valence-electron chi connectivity index (χ4n) is 16.4. The fourth-order valence-corrected chi connectivity index (χ4v) is 16.4. The Labute approximate surface area is 437 Å². The van der Waals surface area contributed by atoms with E-state index >= 15 is 4.79 Å². The lowest BCUT2D eigenvalue weighted by Gasteiger charge is -2.71. The molecule has 13 N–H and O–H groups in total. The third kappa shape index (κ3) is 9.40. The van der Waals surface area contributed by atoms with E-state index in [-0.39, 0.29) is 58.5 Å². The second-order valence-electron chi connectivity index (χ2n) is 25.3. The average molecular weight is 1080 g/mol.